The summed E-state index contributed by atoms with van der Waals surface area (Å²) in [6.07, 6.45) is 2.60. The van der Waals surface area contributed by atoms with Crippen molar-refractivity contribution in [1.29, 1.82) is 0 Å². The molecular formula is C14H19NO2. The second-order valence-corrected chi connectivity index (χ2v) is 4.62. The van der Waals surface area contributed by atoms with Crippen molar-refractivity contribution in [3.63, 3.8) is 0 Å². The summed E-state index contributed by atoms with van der Waals surface area (Å²) in [5.41, 5.74) is 2.20. The van der Waals surface area contributed by atoms with E-state index in [4.69, 9.17) is 0 Å². The number of benzene rings is 1. The number of nitrogens with one attached hydrogen (secondary N) is 1. The fourth-order valence-corrected chi connectivity index (χ4v) is 2.33. The molecule has 0 saturated carbocycles. The Kier molecular flexibility index (Phi) is 3.79. The van der Waals surface area contributed by atoms with Crippen LogP contribution in [0.5, 0.6) is 0 Å². The Morgan fingerprint density at radius 1 is 1.47 bits per heavy atom. The number of carbonyl (C=O) groups excluding carboxylic acids is 1. The van der Waals surface area contributed by atoms with Gasteiger partial charge in [0.1, 0.15) is 0 Å². The molecule has 2 atom stereocenters. The predicted octanol–water partition coefficient (Wildman–Crippen LogP) is 1.95. The van der Waals surface area contributed by atoms with E-state index < -0.39 is 6.10 Å². The van der Waals surface area contributed by atoms with Gasteiger partial charge in [0.15, 0.2) is 0 Å². The maximum Gasteiger partial charge on any atom is 0.220 e. The molecule has 0 heterocycles. The van der Waals surface area contributed by atoms with Crippen LogP contribution in [0.2, 0.25) is 0 Å². The number of rotatable bonds is 4. The summed E-state index contributed by atoms with van der Waals surface area (Å²) in [5.74, 6) is 0.0348. The summed E-state index contributed by atoms with van der Waals surface area (Å²) < 4.78 is 0. The Hall–Kier alpha value is -1.35. The monoisotopic (exact) mass is 233 g/mol. The molecule has 1 aromatic rings. The van der Waals surface area contributed by atoms with Gasteiger partial charge in [-0.15, -0.1) is 0 Å². The largest absolute Gasteiger partial charge is 0.390 e. The molecule has 2 N–H and O–H groups in total. The highest BCUT2D eigenvalue weighted by atomic mass is 16.3. The molecule has 0 radical (unpaired) electrons. The van der Waals surface area contributed by atoms with Crippen molar-refractivity contribution in [2.75, 3.05) is 0 Å². The molecule has 3 nitrogen and oxygen atoms in total. The van der Waals surface area contributed by atoms with Crippen molar-refractivity contribution in [2.24, 2.45) is 0 Å². The van der Waals surface area contributed by atoms with Gasteiger partial charge in [0.25, 0.3) is 0 Å². The summed E-state index contributed by atoms with van der Waals surface area (Å²) in [4.78, 5) is 11.7. The number of amides is 1. The quantitative estimate of drug-likeness (QED) is 0.835. The van der Waals surface area contributed by atoms with Crippen molar-refractivity contribution in [2.45, 2.75) is 44.8 Å². The minimum atomic E-state index is -0.488. The summed E-state index contributed by atoms with van der Waals surface area (Å²) in [6.45, 7) is 2.06. The average Bonchev–Trinajstić information content (AvgIpc) is 2.64. The molecule has 1 aliphatic rings. The van der Waals surface area contributed by atoms with Gasteiger partial charge < -0.3 is 10.4 Å². The van der Waals surface area contributed by atoms with Crippen molar-refractivity contribution < 1.29 is 9.90 Å². The lowest BCUT2D eigenvalue weighted by Gasteiger charge is -2.17. The van der Waals surface area contributed by atoms with E-state index in [1.165, 1.54) is 0 Å². The second-order valence-electron chi connectivity index (χ2n) is 4.62. The molecule has 0 bridgehead atoms. The van der Waals surface area contributed by atoms with Crippen LogP contribution in [0.1, 0.15) is 43.4 Å². The number of fused-ring (bicyclic) bond motifs is 1. The molecule has 0 fully saturated rings. The van der Waals surface area contributed by atoms with E-state index in [1.807, 2.05) is 24.3 Å². The van der Waals surface area contributed by atoms with Gasteiger partial charge in [-0.25, -0.2) is 0 Å². The summed E-state index contributed by atoms with van der Waals surface area (Å²) in [6, 6.07) is 7.68. The molecule has 1 amide bonds. The molecule has 92 valence electrons. The maximum atomic E-state index is 11.7. The van der Waals surface area contributed by atoms with E-state index in [1.54, 1.807) is 0 Å². The first-order valence-corrected chi connectivity index (χ1v) is 6.27. The van der Waals surface area contributed by atoms with Crippen LogP contribution in [0.4, 0.5) is 0 Å². The predicted molar refractivity (Wildman–Crippen MR) is 66.6 cm³/mol. The van der Waals surface area contributed by atoms with E-state index in [-0.39, 0.29) is 11.9 Å². The van der Waals surface area contributed by atoms with Gasteiger partial charge in [-0.05, 0) is 17.5 Å². The highest BCUT2D eigenvalue weighted by Crippen LogP contribution is 2.31. The van der Waals surface area contributed by atoms with Crippen LogP contribution < -0.4 is 5.32 Å². The number of unbranched alkanes of at least 4 members (excludes halogenated alkanes) is 1. The second kappa shape index (κ2) is 5.32. The SMILES string of the molecule is CCCCC(=O)N[C@H]1c2ccccc2C[C@H]1O. The standard InChI is InChI=1S/C14H19NO2/c1-2-3-8-13(17)15-14-11-7-5-4-6-10(11)9-12(14)16/h4-7,12,14,16H,2-3,8-9H2,1H3,(H,15,17)/t12-,14+/m1/s1. The molecule has 0 spiro atoms. The van der Waals surface area contributed by atoms with E-state index in [2.05, 4.69) is 12.2 Å². The van der Waals surface area contributed by atoms with E-state index >= 15 is 0 Å². The Bertz CT molecular complexity index is 403. The first-order valence-electron chi connectivity index (χ1n) is 6.27. The molecular weight excluding hydrogens is 214 g/mol. The van der Waals surface area contributed by atoms with Crippen LogP contribution in [-0.4, -0.2) is 17.1 Å². The zero-order valence-electron chi connectivity index (χ0n) is 10.1. The molecule has 0 aromatic heterocycles. The lowest BCUT2D eigenvalue weighted by Crippen LogP contribution is -2.33. The molecule has 0 unspecified atom stereocenters. The Labute approximate surface area is 102 Å². The van der Waals surface area contributed by atoms with Crippen LogP contribution in [0, 0.1) is 0 Å². The van der Waals surface area contributed by atoms with Gasteiger partial charge in [0, 0.05) is 12.8 Å². The molecule has 2 rings (SSSR count). The molecule has 0 aliphatic heterocycles. The Morgan fingerprint density at radius 2 is 2.24 bits per heavy atom. The molecule has 0 saturated heterocycles. The minimum Gasteiger partial charge on any atom is -0.390 e. The highest BCUT2D eigenvalue weighted by molar-refractivity contribution is 5.76. The van der Waals surface area contributed by atoms with Crippen molar-refractivity contribution in [3.05, 3.63) is 35.4 Å². The van der Waals surface area contributed by atoms with E-state index in [9.17, 15) is 9.90 Å². The van der Waals surface area contributed by atoms with Gasteiger partial charge in [0.2, 0.25) is 5.91 Å². The number of hydrogen-bond donors (Lipinski definition) is 2. The van der Waals surface area contributed by atoms with Crippen LogP contribution in [0.25, 0.3) is 0 Å². The number of aliphatic hydroxyl groups excluding tert-OH is 1. The third kappa shape index (κ3) is 2.67. The first-order chi connectivity index (χ1) is 8.22. The Morgan fingerprint density at radius 3 is 3.00 bits per heavy atom. The van der Waals surface area contributed by atoms with Gasteiger partial charge in [-0.2, -0.15) is 0 Å². The minimum absolute atomic E-state index is 0.0348. The molecule has 1 aromatic carbocycles. The van der Waals surface area contributed by atoms with Crippen molar-refractivity contribution >= 4 is 5.91 Å². The number of hydrogen-bond acceptors (Lipinski definition) is 2. The van der Waals surface area contributed by atoms with Crippen LogP contribution in [0.3, 0.4) is 0 Å². The highest BCUT2D eigenvalue weighted by Gasteiger charge is 2.31. The fraction of sp³-hybridized carbons (Fsp3) is 0.500. The lowest BCUT2D eigenvalue weighted by atomic mass is 10.1. The number of aliphatic hydroxyl groups is 1. The average molecular weight is 233 g/mol. The van der Waals surface area contributed by atoms with Gasteiger partial charge in [0.05, 0.1) is 12.1 Å². The summed E-state index contributed by atoms with van der Waals surface area (Å²) in [5, 5.41) is 12.9. The lowest BCUT2D eigenvalue weighted by molar-refractivity contribution is -0.122. The van der Waals surface area contributed by atoms with Crippen molar-refractivity contribution in [3.8, 4) is 0 Å². The topological polar surface area (TPSA) is 49.3 Å². The third-order valence-corrected chi connectivity index (χ3v) is 3.28. The first kappa shape index (κ1) is 12.1. The molecule has 1 aliphatic carbocycles. The van der Waals surface area contributed by atoms with Gasteiger partial charge in [-0.1, -0.05) is 37.6 Å². The van der Waals surface area contributed by atoms with Crippen LogP contribution >= 0.6 is 0 Å². The van der Waals surface area contributed by atoms with E-state index in [0.717, 1.165) is 24.0 Å². The normalized spacial score (nSPS) is 22.2. The molecule has 3 heteroatoms. The molecule has 17 heavy (non-hydrogen) atoms. The third-order valence-electron chi connectivity index (χ3n) is 3.28. The summed E-state index contributed by atoms with van der Waals surface area (Å²) in [7, 11) is 0. The fourth-order valence-electron chi connectivity index (χ4n) is 2.33. The van der Waals surface area contributed by atoms with Crippen LogP contribution in [0.15, 0.2) is 24.3 Å². The zero-order chi connectivity index (χ0) is 12.3. The summed E-state index contributed by atoms with van der Waals surface area (Å²) >= 11 is 0. The van der Waals surface area contributed by atoms with Gasteiger partial charge in [-0.3, -0.25) is 4.79 Å². The smallest absolute Gasteiger partial charge is 0.220 e. The number of carbonyl (C=O) groups is 1. The van der Waals surface area contributed by atoms with Gasteiger partial charge >= 0.3 is 0 Å². The Balaban J connectivity index is 2.04. The zero-order valence-corrected chi connectivity index (χ0v) is 10.1. The van der Waals surface area contributed by atoms with Crippen LogP contribution in [-0.2, 0) is 11.2 Å². The van der Waals surface area contributed by atoms with Crippen molar-refractivity contribution in [1.82, 2.24) is 5.32 Å². The maximum absolute atomic E-state index is 11.7. The van der Waals surface area contributed by atoms with E-state index in [0.29, 0.717) is 12.8 Å².